The van der Waals surface area contributed by atoms with Crippen molar-refractivity contribution in [3.05, 3.63) is 53.1 Å². The Bertz CT molecular complexity index is 850. The zero-order chi connectivity index (χ0) is 21.7. The highest BCUT2D eigenvalue weighted by Crippen LogP contribution is 2.40. The molecule has 0 aliphatic carbocycles. The van der Waals surface area contributed by atoms with Gasteiger partial charge in [0, 0.05) is 44.8 Å². The molecule has 0 spiro atoms. The predicted molar refractivity (Wildman–Crippen MR) is 108 cm³/mol. The fraction of sp³-hybridized carbons (Fsp3) is 0.455. The third-order valence-corrected chi connectivity index (χ3v) is 5.36. The minimum absolute atomic E-state index is 0.295. The van der Waals surface area contributed by atoms with Crippen LogP contribution in [0.3, 0.4) is 0 Å². The number of alkyl halides is 3. The highest BCUT2D eigenvalue weighted by molar-refractivity contribution is 5.55. The van der Waals surface area contributed by atoms with Crippen LogP contribution in [0.25, 0.3) is 0 Å². The molecule has 8 heteroatoms. The summed E-state index contributed by atoms with van der Waals surface area (Å²) in [4.78, 5) is 4.32. The number of halogens is 3. The van der Waals surface area contributed by atoms with Crippen molar-refractivity contribution < 1.29 is 27.4 Å². The zero-order valence-corrected chi connectivity index (χ0v) is 17.5. The summed E-state index contributed by atoms with van der Waals surface area (Å²) >= 11 is 0. The molecule has 3 rings (SSSR count). The maximum atomic E-state index is 13.2. The van der Waals surface area contributed by atoms with E-state index in [0.717, 1.165) is 24.7 Å². The van der Waals surface area contributed by atoms with Crippen LogP contribution in [0.4, 0.5) is 13.2 Å². The van der Waals surface area contributed by atoms with Crippen LogP contribution in [0.2, 0.25) is 0 Å². The summed E-state index contributed by atoms with van der Waals surface area (Å²) in [6, 6.07) is 9.59. The van der Waals surface area contributed by atoms with Crippen LogP contribution in [0.1, 0.15) is 16.7 Å². The zero-order valence-electron chi connectivity index (χ0n) is 17.5. The molecule has 2 aromatic carbocycles. The number of ether oxygens (including phenoxy) is 3. The van der Waals surface area contributed by atoms with Crippen molar-refractivity contribution in [2.45, 2.75) is 19.3 Å². The molecule has 0 radical (unpaired) electrons. The minimum Gasteiger partial charge on any atom is -0.493 e. The predicted octanol–water partition coefficient (Wildman–Crippen LogP) is 4.05. The average molecular weight is 424 g/mol. The molecule has 30 heavy (non-hydrogen) atoms. The Morgan fingerprint density at radius 3 is 1.83 bits per heavy atom. The lowest BCUT2D eigenvalue weighted by Gasteiger charge is -2.35. The van der Waals surface area contributed by atoms with Gasteiger partial charge in [-0.3, -0.25) is 9.80 Å². The topological polar surface area (TPSA) is 34.2 Å². The van der Waals surface area contributed by atoms with Gasteiger partial charge in [-0.2, -0.15) is 13.2 Å². The Labute approximate surface area is 174 Å². The quantitative estimate of drug-likeness (QED) is 0.670. The van der Waals surface area contributed by atoms with E-state index in [1.54, 1.807) is 33.5 Å². The van der Waals surface area contributed by atoms with Crippen LogP contribution in [-0.2, 0) is 19.3 Å². The van der Waals surface area contributed by atoms with Crippen molar-refractivity contribution >= 4 is 0 Å². The van der Waals surface area contributed by atoms with Gasteiger partial charge in [0.15, 0.2) is 11.5 Å². The van der Waals surface area contributed by atoms with Crippen molar-refractivity contribution in [1.82, 2.24) is 9.80 Å². The summed E-state index contributed by atoms with van der Waals surface area (Å²) < 4.78 is 56.0. The first-order valence-corrected chi connectivity index (χ1v) is 9.75. The second-order valence-corrected chi connectivity index (χ2v) is 7.20. The van der Waals surface area contributed by atoms with Gasteiger partial charge in [-0.25, -0.2) is 0 Å². The lowest BCUT2D eigenvalue weighted by Crippen LogP contribution is -2.45. The van der Waals surface area contributed by atoms with Crippen molar-refractivity contribution in [3.63, 3.8) is 0 Å². The monoisotopic (exact) mass is 424 g/mol. The molecule has 1 aliphatic heterocycles. The minimum atomic E-state index is -4.33. The molecule has 164 valence electrons. The number of hydrogen-bond acceptors (Lipinski definition) is 5. The molecule has 5 nitrogen and oxygen atoms in total. The molecule has 0 saturated carbocycles. The van der Waals surface area contributed by atoms with E-state index in [0.29, 0.717) is 49.0 Å². The number of benzene rings is 2. The Kier molecular flexibility index (Phi) is 7.10. The van der Waals surface area contributed by atoms with E-state index < -0.39 is 11.7 Å². The van der Waals surface area contributed by atoms with Gasteiger partial charge in [-0.15, -0.1) is 0 Å². The van der Waals surface area contributed by atoms with Gasteiger partial charge in [0.05, 0.1) is 26.9 Å². The Morgan fingerprint density at radius 2 is 1.30 bits per heavy atom. The third-order valence-electron chi connectivity index (χ3n) is 5.36. The molecule has 0 N–H and O–H groups in total. The molecule has 1 heterocycles. The largest absolute Gasteiger partial charge is 0.493 e. The second kappa shape index (κ2) is 9.57. The van der Waals surface area contributed by atoms with Crippen molar-refractivity contribution in [2.75, 3.05) is 47.5 Å². The molecule has 0 amide bonds. The Morgan fingerprint density at radius 1 is 0.733 bits per heavy atom. The molecule has 1 saturated heterocycles. The van der Waals surface area contributed by atoms with E-state index in [2.05, 4.69) is 9.80 Å². The molecular formula is C22H27F3N2O3. The SMILES string of the molecule is COc1ccc(CN2CCN(Cc3ccccc3C(F)(F)F)CC2)c(OC)c1OC. The van der Waals surface area contributed by atoms with Gasteiger partial charge in [-0.05, 0) is 17.7 Å². The highest BCUT2D eigenvalue weighted by atomic mass is 19.4. The maximum absolute atomic E-state index is 13.2. The second-order valence-electron chi connectivity index (χ2n) is 7.20. The fourth-order valence-corrected chi connectivity index (χ4v) is 3.81. The fourth-order valence-electron chi connectivity index (χ4n) is 3.81. The van der Waals surface area contributed by atoms with E-state index in [-0.39, 0.29) is 0 Å². The number of nitrogens with zero attached hydrogens (tertiary/aromatic N) is 2. The van der Waals surface area contributed by atoms with E-state index in [1.165, 1.54) is 6.07 Å². The molecular weight excluding hydrogens is 397 g/mol. The molecule has 0 unspecified atom stereocenters. The number of piperazine rings is 1. The van der Waals surface area contributed by atoms with Crippen LogP contribution in [0.15, 0.2) is 36.4 Å². The molecule has 1 aliphatic rings. The lowest BCUT2D eigenvalue weighted by atomic mass is 10.1. The smallest absolute Gasteiger partial charge is 0.416 e. The molecule has 0 atom stereocenters. The Hall–Kier alpha value is -2.45. The highest BCUT2D eigenvalue weighted by Gasteiger charge is 2.33. The van der Waals surface area contributed by atoms with Gasteiger partial charge < -0.3 is 14.2 Å². The first kappa shape index (κ1) is 22.2. The van der Waals surface area contributed by atoms with Gasteiger partial charge in [-0.1, -0.05) is 24.3 Å². The normalized spacial score (nSPS) is 15.8. The van der Waals surface area contributed by atoms with E-state index in [9.17, 15) is 13.2 Å². The Balaban J connectivity index is 1.64. The van der Waals surface area contributed by atoms with Crippen molar-refractivity contribution in [1.29, 1.82) is 0 Å². The molecule has 0 bridgehead atoms. The van der Waals surface area contributed by atoms with E-state index >= 15 is 0 Å². The summed E-state index contributed by atoms with van der Waals surface area (Å²) in [6.45, 7) is 3.86. The van der Waals surface area contributed by atoms with Crippen LogP contribution >= 0.6 is 0 Å². The summed E-state index contributed by atoms with van der Waals surface area (Å²) in [5.41, 5.74) is 0.744. The summed E-state index contributed by atoms with van der Waals surface area (Å²) in [5, 5.41) is 0. The number of rotatable bonds is 7. The summed E-state index contributed by atoms with van der Waals surface area (Å²) in [5.74, 6) is 1.80. The van der Waals surface area contributed by atoms with Gasteiger partial charge in [0.1, 0.15) is 0 Å². The van der Waals surface area contributed by atoms with Crippen LogP contribution in [-0.4, -0.2) is 57.3 Å². The van der Waals surface area contributed by atoms with E-state index in [1.807, 2.05) is 12.1 Å². The van der Waals surface area contributed by atoms with Gasteiger partial charge >= 0.3 is 6.18 Å². The van der Waals surface area contributed by atoms with Crippen LogP contribution in [0.5, 0.6) is 17.2 Å². The summed E-state index contributed by atoms with van der Waals surface area (Å²) in [7, 11) is 4.74. The number of methoxy groups -OCH3 is 3. The number of hydrogen-bond donors (Lipinski definition) is 0. The average Bonchev–Trinajstić information content (AvgIpc) is 2.74. The molecule has 1 fully saturated rings. The van der Waals surface area contributed by atoms with Crippen LogP contribution < -0.4 is 14.2 Å². The maximum Gasteiger partial charge on any atom is 0.416 e. The van der Waals surface area contributed by atoms with Gasteiger partial charge in [0.25, 0.3) is 0 Å². The lowest BCUT2D eigenvalue weighted by molar-refractivity contribution is -0.138. The third kappa shape index (κ3) is 4.99. The standard InChI is InChI=1S/C22H27F3N2O3/c1-28-19-9-8-17(20(29-2)21(19)30-3)15-27-12-10-26(11-13-27)14-16-6-4-5-7-18(16)22(23,24)25/h4-9H,10-15H2,1-3H3. The van der Waals surface area contributed by atoms with Crippen molar-refractivity contribution in [2.24, 2.45) is 0 Å². The first-order chi connectivity index (χ1) is 14.4. The van der Waals surface area contributed by atoms with E-state index in [4.69, 9.17) is 14.2 Å². The van der Waals surface area contributed by atoms with Crippen LogP contribution in [0, 0.1) is 0 Å². The first-order valence-electron chi connectivity index (χ1n) is 9.75. The van der Waals surface area contributed by atoms with Crippen molar-refractivity contribution in [3.8, 4) is 17.2 Å². The molecule has 0 aromatic heterocycles. The molecule has 2 aromatic rings. The summed E-state index contributed by atoms with van der Waals surface area (Å²) in [6.07, 6.45) is -4.33. The van der Waals surface area contributed by atoms with Gasteiger partial charge in [0.2, 0.25) is 5.75 Å².